The molecule has 1 heterocycles. The van der Waals surface area contributed by atoms with Crippen molar-refractivity contribution in [2.75, 3.05) is 0 Å². The first-order chi connectivity index (χ1) is 4.86. The Hall–Kier alpha value is -0.410. The molecule has 0 aliphatic carbocycles. The van der Waals surface area contributed by atoms with Gasteiger partial charge in [0.2, 0.25) is 0 Å². The summed E-state index contributed by atoms with van der Waals surface area (Å²) in [6.07, 6.45) is 2.14. The highest BCUT2D eigenvalue weighted by Crippen LogP contribution is 2.10. The summed E-state index contributed by atoms with van der Waals surface area (Å²) >= 11 is 1.53. The molecule has 0 aliphatic rings. The molecule has 10 heavy (non-hydrogen) atoms. The summed E-state index contributed by atoms with van der Waals surface area (Å²) in [5.74, 6) is 0. The first-order valence-corrected chi connectivity index (χ1v) is 4.29. The van der Waals surface area contributed by atoms with Gasteiger partial charge in [0.1, 0.15) is 5.01 Å². The topological polar surface area (TPSA) is 33.1 Å². The van der Waals surface area contributed by atoms with Crippen molar-refractivity contribution >= 4 is 11.3 Å². The van der Waals surface area contributed by atoms with Crippen LogP contribution >= 0.6 is 11.3 Å². The molecule has 2 nitrogen and oxygen atoms in total. The molecular weight excluding hydrogens is 146 g/mol. The van der Waals surface area contributed by atoms with Crippen molar-refractivity contribution in [3.63, 3.8) is 0 Å². The first kappa shape index (κ1) is 7.69. The maximum atomic E-state index is 8.67. The molecule has 0 atom stereocenters. The molecular formula is C7H11NOS. The molecule has 1 N–H and O–H groups in total. The predicted octanol–water partition coefficient (Wildman–Crippen LogP) is 1.59. The molecule has 0 saturated carbocycles. The highest BCUT2D eigenvalue weighted by atomic mass is 32.1. The molecule has 3 heteroatoms. The zero-order chi connectivity index (χ0) is 7.40. The molecule has 0 radical (unpaired) electrons. The lowest BCUT2D eigenvalue weighted by Crippen LogP contribution is -1.84. The van der Waals surface area contributed by atoms with Crippen LogP contribution in [0.25, 0.3) is 0 Å². The van der Waals surface area contributed by atoms with Crippen molar-refractivity contribution in [3.05, 3.63) is 16.1 Å². The van der Waals surface area contributed by atoms with Gasteiger partial charge in [-0.1, -0.05) is 13.3 Å². The van der Waals surface area contributed by atoms with Gasteiger partial charge in [-0.25, -0.2) is 4.98 Å². The second-order valence-corrected chi connectivity index (χ2v) is 3.08. The highest BCUT2D eigenvalue weighted by molar-refractivity contribution is 7.09. The zero-order valence-corrected chi connectivity index (χ0v) is 6.82. The number of aliphatic hydroxyl groups is 1. The smallest absolute Gasteiger partial charge is 0.118 e. The standard InChI is InChI=1S/C7H11NOS/c1-2-3-6-5-10-7(4-9)8-6/h5,9H,2-4H2,1H3. The Morgan fingerprint density at radius 2 is 2.50 bits per heavy atom. The number of rotatable bonds is 3. The summed E-state index contributed by atoms with van der Waals surface area (Å²) in [5, 5.41) is 11.5. The van der Waals surface area contributed by atoms with Crippen molar-refractivity contribution < 1.29 is 5.11 Å². The second kappa shape index (κ2) is 3.68. The SMILES string of the molecule is CCCc1csc(CO)n1. The minimum Gasteiger partial charge on any atom is -0.389 e. The second-order valence-electron chi connectivity index (χ2n) is 2.14. The minimum absolute atomic E-state index is 0.0778. The molecule has 1 aromatic rings. The van der Waals surface area contributed by atoms with Crippen LogP contribution in [0.5, 0.6) is 0 Å². The molecule has 1 rings (SSSR count). The Balaban J connectivity index is 2.59. The van der Waals surface area contributed by atoms with Crippen LogP contribution in [0.2, 0.25) is 0 Å². The zero-order valence-electron chi connectivity index (χ0n) is 6.00. The Bertz CT molecular complexity index is 197. The van der Waals surface area contributed by atoms with Crippen molar-refractivity contribution in [1.29, 1.82) is 0 Å². The van der Waals surface area contributed by atoms with Gasteiger partial charge in [-0.05, 0) is 6.42 Å². The lowest BCUT2D eigenvalue weighted by molar-refractivity contribution is 0.281. The third-order valence-electron chi connectivity index (χ3n) is 1.24. The number of aromatic nitrogens is 1. The average molecular weight is 157 g/mol. The van der Waals surface area contributed by atoms with E-state index in [4.69, 9.17) is 5.11 Å². The van der Waals surface area contributed by atoms with Crippen LogP contribution in [0.4, 0.5) is 0 Å². The molecule has 0 fully saturated rings. The normalized spacial score (nSPS) is 10.2. The van der Waals surface area contributed by atoms with Crippen molar-refractivity contribution in [2.24, 2.45) is 0 Å². The van der Waals surface area contributed by atoms with Crippen molar-refractivity contribution in [3.8, 4) is 0 Å². The summed E-state index contributed by atoms with van der Waals surface area (Å²) < 4.78 is 0. The summed E-state index contributed by atoms with van der Waals surface area (Å²) in [6.45, 7) is 2.20. The molecule has 0 aliphatic heterocycles. The fourth-order valence-corrected chi connectivity index (χ4v) is 1.48. The summed E-state index contributed by atoms with van der Waals surface area (Å²) in [6, 6.07) is 0. The molecule has 0 amide bonds. The third kappa shape index (κ3) is 1.78. The molecule has 0 bridgehead atoms. The number of hydrogen-bond donors (Lipinski definition) is 1. The number of nitrogens with zero attached hydrogens (tertiary/aromatic N) is 1. The van der Waals surface area contributed by atoms with Gasteiger partial charge in [-0.15, -0.1) is 11.3 Å². The van der Waals surface area contributed by atoms with E-state index < -0.39 is 0 Å². The van der Waals surface area contributed by atoms with Gasteiger partial charge in [-0.2, -0.15) is 0 Å². The quantitative estimate of drug-likeness (QED) is 0.722. The lowest BCUT2D eigenvalue weighted by atomic mass is 10.3. The van der Waals surface area contributed by atoms with E-state index in [-0.39, 0.29) is 6.61 Å². The Kier molecular flexibility index (Phi) is 2.83. The van der Waals surface area contributed by atoms with Gasteiger partial charge in [-0.3, -0.25) is 0 Å². The Labute approximate surface area is 64.5 Å². The molecule has 0 unspecified atom stereocenters. The number of thiazole rings is 1. The van der Waals surface area contributed by atoms with Gasteiger partial charge < -0.3 is 5.11 Å². The predicted molar refractivity (Wildman–Crippen MR) is 42.0 cm³/mol. The van der Waals surface area contributed by atoms with E-state index in [2.05, 4.69) is 11.9 Å². The Morgan fingerprint density at radius 3 is 3.00 bits per heavy atom. The minimum atomic E-state index is 0.0778. The van der Waals surface area contributed by atoms with Crippen LogP contribution in [0.1, 0.15) is 24.0 Å². The summed E-state index contributed by atoms with van der Waals surface area (Å²) in [4.78, 5) is 4.19. The van der Waals surface area contributed by atoms with Gasteiger partial charge in [0.05, 0.1) is 12.3 Å². The van der Waals surface area contributed by atoms with E-state index >= 15 is 0 Å². The van der Waals surface area contributed by atoms with Crippen LogP contribution in [0.3, 0.4) is 0 Å². The maximum Gasteiger partial charge on any atom is 0.118 e. The monoisotopic (exact) mass is 157 g/mol. The lowest BCUT2D eigenvalue weighted by Gasteiger charge is -1.87. The third-order valence-corrected chi connectivity index (χ3v) is 2.12. The Morgan fingerprint density at radius 1 is 1.70 bits per heavy atom. The van der Waals surface area contributed by atoms with Crippen LogP contribution < -0.4 is 0 Å². The first-order valence-electron chi connectivity index (χ1n) is 3.41. The van der Waals surface area contributed by atoms with Gasteiger partial charge in [0.25, 0.3) is 0 Å². The van der Waals surface area contributed by atoms with Gasteiger partial charge in [0.15, 0.2) is 0 Å². The molecule has 0 spiro atoms. The van der Waals surface area contributed by atoms with E-state index in [0.29, 0.717) is 0 Å². The fourth-order valence-electron chi connectivity index (χ4n) is 0.793. The van der Waals surface area contributed by atoms with E-state index in [1.807, 2.05) is 5.38 Å². The maximum absolute atomic E-state index is 8.67. The van der Waals surface area contributed by atoms with E-state index in [9.17, 15) is 0 Å². The van der Waals surface area contributed by atoms with Crippen LogP contribution in [0, 0.1) is 0 Å². The molecule has 56 valence electrons. The number of aliphatic hydroxyl groups excluding tert-OH is 1. The van der Waals surface area contributed by atoms with E-state index in [0.717, 1.165) is 23.5 Å². The van der Waals surface area contributed by atoms with E-state index in [1.54, 1.807) is 0 Å². The summed E-state index contributed by atoms with van der Waals surface area (Å²) in [5.41, 5.74) is 1.11. The molecule has 0 saturated heterocycles. The number of hydrogen-bond acceptors (Lipinski definition) is 3. The van der Waals surface area contributed by atoms with Crippen molar-refractivity contribution in [2.45, 2.75) is 26.4 Å². The van der Waals surface area contributed by atoms with Crippen LogP contribution in [-0.2, 0) is 13.0 Å². The number of aryl methyl sites for hydroxylation is 1. The average Bonchev–Trinajstić information content (AvgIpc) is 2.37. The molecule has 0 aromatic carbocycles. The summed E-state index contributed by atoms with van der Waals surface area (Å²) in [7, 11) is 0. The van der Waals surface area contributed by atoms with Crippen LogP contribution in [-0.4, -0.2) is 10.1 Å². The van der Waals surface area contributed by atoms with Gasteiger partial charge in [0, 0.05) is 5.38 Å². The largest absolute Gasteiger partial charge is 0.389 e. The molecule has 1 aromatic heterocycles. The van der Waals surface area contributed by atoms with E-state index in [1.165, 1.54) is 11.3 Å². The highest BCUT2D eigenvalue weighted by Gasteiger charge is 1.97. The van der Waals surface area contributed by atoms with Crippen molar-refractivity contribution in [1.82, 2.24) is 4.98 Å². The fraction of sp³-hybridized carbons (Fsp3) is 0.571. The van der Waals surface area contributed by atoms with Crippen LogP contribution in [0.15, 0.2) is 5.38 Å². The van der Waals surface area contributed by atoms with Gasteiger partial charge >= 0.3 is 0 Å².